The summed E-state index contributed by atoms with van der Waals surface area (Å²) in [5, 5.41) is 2.47. The Morgan fingerprint density at radius 1 is 1.35 bits per heavy atom. The van der Waals surface area contributed by atoms with Gasteiger partial charge in [0.1, 0.15) is 12.3 Å². The third kappa shape index (κ3) is 3.71. The number of ether oxygens (including phenoxy) is 1. The fourth-order valence-corrected chi connectivity index (χ4v) is 2.90. The summed E-state index contributed by atoms with van der Waals surface area (Å²) in [4.78, 5) is 0. The molecule has 0 aliphatic heterocycles. The van der Waals surface area contributed by atoms with Crippen molar-refractivity contribution >= 4 is 15.9 Å². The van der Waals surface area contributed by atoms with Gasteiger partial charge in [-0.2, -0.15) is 0 Å². The molecule has 0 spiro atoms. The van der Waals surface area contributed by atoms with Crippen LogP contribution in [0.2, 0.25) is 0 Å². The summed E-state index contributed by atoms with van der Waals surface area (Å²) >= 11 is 3.53. The summed E-state index contributed by atoms with van der Waals surface area (Å²) in [6, 6.07) is 7.11. The SMILES string of the molecule is CCOc1ccc(Br)cc1C[NH2+]C1CCCC1. The first-order valence-electron chi connectivity index (χ1n) is 6.54. The van der Waals surface area contributed by atoms with Gasteiger partial charge in [-0.05, 0) is 50.8 Å². The number of quaternary nitrogens is 1. The van der Waals surface area contributed by atoms with Crippen LogP contribution in [0.5, 0.6) is 5.75 Å². The van der Waals surface area contributed by atoms with Crippen molar-refractivity contribution in [3.63, 3.8) is 0 Å². The van der Waals surface area contributed by atoms with Gasteiger partial charge < -0.3 is 10.1 Å². The maximum atomic E-state index is 5.67. The molecule has 0 saturated heterocycles. The normalized spacial score (nSPS) is 16.4. The topological polar surface area (TPSA) is 25.8 Å². The first-order valence-corrected chi connectivity index (χ1v) is 7.33. The van der Waals surface area contributed by atoms with E-state index in [2.05, 4.69) is 33.4 Å². The van der Waals surface area contributed by atoms with Gasteiger partial charge in [0.25, 0.3) is 0 Å². The zero-order chi connectivity index (χ0) is 12.1. The van der Waals surface area contributed by atoms with Gasteiger partial charge >= 0.3 is 0 Å². The monoisotopic (exact) mass is 298 g/mol. The molecule has 2 rings (SSSR count). The first-order chi connectivity index (χ1) is 8.29. The standard InChI is InChI=1S/C14H20BrNO/c1-2-17-14-8-7-12(15)9-11(14)10-16-13-5-3-4-6-13/h7-9,13,16H,2-6,10H2,1H3/p+1. The van der Waals surface area contributed by atoms with Gasteiger partial charge in [-0.1, -0.05) is 15.9 Å². The Morgan fingerprint density at radius 3 is 2.82 bits per heavy atom. The number of benzene rings is 1. The third-order valence-electron chi connectivity index (χ3n) is 3.39. The lowest BCUT2D eigenvalue weighted by molar-refractivity contribution is -0.703. The minimum Gasteiger partial charge on any atom is -0.493 e. The van der Waals surface area contributed by atoms with Crippen molar-refractivity contribution in [3.05, 3.63) is 28.2 Å². The van der Waals surface area contributed by atoms with Crippen LogP contribution < -0.4 is 10.1 Å². The van der Waals surface area contributed by atoms with E-state index in [0.717, 1.165) is 29.4 Å². The molecule has 1 aromatic carbocycles. The van der Waals surface area contributed by atoms with Crippen LogP contribution in [0.1, 0.15) is 38.2 Å². The maximum absolute atomic E-state index is 5.67. The van der Waals surface area contributed by atoms with Crippen LogP contribution in [0.15, 0.2) is 22.7 Å². The lowest BCUT2D eigenvalue weighted by atomic mass is 10.1. The average molecular weight is 299 g/mol. The van der Waals surface area contributed by atoms with Gasteiger partial charge in [0.2, 0.25) is 0 Å². The minimum atomic E-state index is 0.734. The van der Waals surface area contributed by atoms with E-state index in [1.807, 2.05) is 13.0 Å². The largest absolute Gasteiger partial charge is 0.493 e. The number of hydrogen-bond donors (Lipinski definition) is 1. The molecule has 1 fully saturated rings. The molecule has 0 radical (unpaired) electrons. The molecule has 94 valence electrons. The molecule has 0 unspecified atom stereocenters. The quantitative estimate of drug-likeness (QED) is 0.889. The second-order valence-corrected chi connectivity index (χ2v) is 5.59. The van der Waals surface area contributed by atoms with E-state index in [1.165, 1.54) is 31.2 Å². The molecule has 0 heterocycles. The molecule has 1 aliphatic rings. The highest BCUT2D eigenvalue weighted by atomic mass is 79.9. The van der Waals surface area contributed by atoms with E-state index < -0.39 is 0 Å². The van der Waals surface area contributed by atoms with E-state index in [1.54, 1.807) is 0 Å². The van der Waals surface area contributed by atoms with Gasteiger partial charge in [-0.3, -0.25) is 0 Å². The van der Waals surface area contributed by atoms with E-state index in [9.17, 15) is 0 Å². The summed E-state index contributed by atoms with van der Waals surface area (Å²) in [5.41, 5.74) is 1.30. The zero-order valence-electron chi connectivity index (χ0n) is 10.4. The molecule has 17 heavy (non-hydrogen) atoms. The minimum absolute atomic E-state index is 0.734. The van der Waals surface area contributed by atoms with E-state index >= 15 is 0 Å². The van der Waals surface area contributed by atoms with Gasteiger partial charge in [0.15, 0.2) is 0 Å². The van der Waals surface area contributed by atoms with Gasteiger partial charge in [0, 0.05) is 10.0 Å². The fraction of sp³-hybridized carbons (Fsp3) is 0.571. The number of halogens is 1. The van der Waals surface area contributed by atoms with Gasteiger partial charge in [0.05, 0.1) is 12.6 Å². The zero-order valence-corrected chi connectivity index (χ0v) is 12.0. The predicted octanol–water partition coefficient (Wildman–Crippen LogP) is 2.85. The van der Waals surface area contributed by atoms with E-state index in [4.69, 9.17) is 4.74 Å². The molecule has 0 amide bonds. The van der Waals surface area contributed by atoms with Crippen molar-refractivity contribution in [1.29, 1.82) is 0 Å². The third-order valence-corrected chi connectivity index (χ3v) is 3.89. The Labute approximate surface area is 112 Å². The summed E-state index contributed by atoms with van der Waals surface area (Å²) in [6.07, 6.45) is 5.55. The lowest BCUT2D eigenvalue weighted by Crippen LogP contribution is -2.87. The predicted molar refractivity (Wildman–Crippen MR) is 73.2 cm³/mol. The summed E-state index contributed by atoms with van der Waals surface area (Å²) in [5.74, 6) is 1.03. The Morgan fingerprint density at radius 2 is 2.12 bits per heavy atom. The van der Waals surface area contributed by atoms with E-state index in [0.29, 0.717) is 0 Å². The molecule has 1 aliphatic carbocycles. The van der Waals surface area contributed by atoms with Crippen LogP contribution >= 0.6 is 15.9 Å². The second-order valence-electron chi connectivity index (χ2n) is 4.67. The summed E-state index contributed by atoms with van der Waals surface area (Å²) in [6.45, 7) is 3.80. The average Bonchev–Trinajstić information content (AvgIpc) is 2.82. The molecule has 0 aromatic heterocycles. The van der Waals surface area contributed by atoms with Crippen molar-refractivity contribution in [3.8, 4) is 5.75 Å². The molecule has 1 saturated carbocycles. The maximum Gasteiger partial charge on any atom is 0.128 e. The molecule has 2 N–H and O–H groups in total. The number of nitrogens with two attached hydrogens (primary N) is 1. The van der Waals surface area contributed by atoms with E-state index in [-0.39, 0.29) is 0 Å². The molecule has 0 atom stereocenters. The molecule has 1 aromatic rings. The van der Waals surface area contributed by atoms with Gasteiger partial charge in [-0.15, -0.1) is 0 Å². The smallest absolute Gasteiger partial charge is 0.128 e. The highest BCUT2D eigenvalue weighted by Crippen LogP contribution is 2.23. The van der Waals surface area contributed by atoms with Crippen molar-refractivity contribution < 1.29 is 10.1 Å². The second kappa shape index (κ2) is 6.41. The van der Waals surface area contributed by atoms with Gasteiger partial charge in [-0.25, -0.2) is 0 Å². The molecular formula is C14H21BrNO+. The van der Waals surface area contributed by atoms with Crippen LogP contribution in [-0.2, 0) is 6.54 Å². The van der Waals surface area contributed by atoms with Crippen LogP contribution in [0.25, 0.3) is 0 Å². The lowest BCUT2D eigenvalue weighted by Gasteiger charge is -2.12. The Bertz CT molecular complexity index is 361. The molecular weight excluding hydrogens is 278 g/mol. The first kappa shape index (κ1) is 12.9. The number of rotatable bonds is 5. The van der Waals surface area contributed by atoms with Crippen molar-refractivity contribution in [2.45, 2.75) is 45.2 Å². The van der Waals surface area contributed by atoms with Crippen molar-refractivity contribution in [2.24, 2.45) is 0 Å². The van der Waals surface area contributed by atoms with Crippen LogP contribution in [0.4, 0.5) is 0 Å². The van der Waals surface area contributed by atoms with Crippen molar-refractivity contribution in [1.82, 2.24) is 0 Å². The Hall–Kier alpha value is -0.540. The molecule has 3 heteroatoms. The molecule has 2 nitrogen and oxygen atoms in total. The fourth-order valence-electron chi connectivity index (χ4n) is 2.49. The summed E-state index contributed by atoms with van der Waals surface area (Å²) in [7, 11) is 0. The Kier molecular flexibility index (Phi) is 4.86. The van der Waals surface area contributed by atoms with Crippen LogP contribution in [0.3, 0.4) is 0 Å². The highest BCUT2D eigenvalue weighted by molar-refractivity contribution is 9.10. The van der Waals surface area contributed by atoms with Crippen LogP contribution in [0, 0.1) is 0 Å². The number of hydrogen-bond acceptors (Lipinski definition) is 1. The Balaban J connectivity index is 1.99. The summed E-state index contributed by atoms with van der Waals surface area (Å²) < 4.78 is 6.80. The molecule has 0 bridgehead atoms. The van der Waals surface area contributed by atoms with Crippen LogP contribution in [-0.4, -0.2) is 12.6 Å². The van der Waals surface area contributed by atoms with Crippen molar-refractivity contribution in [2.75, 3.05) is 6.61 Å². The highest BCUT2D eigenvalue weighted by Gasteiger charge is 2.18.